The Kier molecular flexibility index (Phi) is 4.25. The second kappa shape index (κ2) is 6.10. The van der Waals surface area contributed by atoms with Gasteiger partial charge in [0.1, 0.15) is 0 Å². The van der Waals surface area contributed by atoms with Crippen molar-refractivity contribution >= 4 is 23.1 Å². The van der Waals surface area contributed by atoms with Gasteiger partial charge in [0.2, 0.25) is 0 Å². The molecule has 0 heterocycles. The van der Waals surface area contributed by atoms with Gasteiger partial charge in [-0.05, 0) is 36.8 Å². The van der Waals surface area contributed by atoms with E-state index in [9.17, 15) is 4.79 Å². The maximum absolute atomic E-state index is 12.0. The molecule has 104 valence electrons. The Labute approximate surface area is 119 Å². The van der Waals surface area contributed by atoms with Crippen LogP contribution in [0.25, 0.3) is 0 Å². The Morgan fingerprint density at radius 2 is 1.75 bits per heavy atom. The molecule has 0 aromatic heterocycles. The van der Waals surface area contributed by atoms with E-state index in [0.717, 1.165) is 22.6 Å². The van der Waals surface area contributed by atoms with Crippen molar-refractivity contribution < 1.29 is 4.79 Å². The highest BCUT2D eigenvalue weighted by Gasteiger charge is 2.05. The van der Waals surface area contributed by atoms with Crippen molar-refractivity contribution in [3.8, 4) is 0 Å². The monoisotopic (exact) mass is 269 g/mol. The molecule has 2 rings (SSSR count). The van der Waals surface area contributed by atoms with Crippen LogP contribution >= 0.6 is 0 Å². The predicted octanol–water partition coefficient (Wildman–Crippen LogP) is 3.71. The molecule has 0 aliphatic rings. The SMILES string of the molecule is Cc1ccccc1NC(=O)Nc1cccc(N(C)C)c1. The van der Waals surface area contributed by atoms with Crippen LogP contribution in [0.5, 0.6) is 0 Å². The van der Waals surface area contributed by atoms with E-state index in [1.165, 1.54) is 0 Å². The summed E-state index contributed by atoms with van der Waals surface area (Å²) in [5.74, 6) is 0. The van der Waals surface area contributed by atoms with Crippen LogP contribution in [0.2, 0.25) is 0 Å². The summed E-state index contributed by atoms with van der Waals surface area (Å²) in [5, 5.41) is 5.68. The summed E-state index contributed by atoms with van der Waals surface area (Å²) >= 11 is 0. The molecule has 0 fully saturated rings. The molecule has 0 radical (unpaired) electrons. The van der Waals surface area contributed by atoms with Crippen molar-refractivity contribution in [1.82, 2.24) is 0 Å². The smallest absolute Gasteiger partial charge is 0.323 e. The van der Waals surface area contributed by atoms with Gasteiger partial charge in [0, 0.05) is 31.2 Å². The first-order chi connectivity index (χ1) is 9.56. The van der Waals surface area contributed by atoms with Crippen LogP contribution in [-0.4, -0.2) is 20.1 Å². The first-order valence-electron chi connectivity index (χ1n) is 6.47. The third kappa shape index (κ3) is 3.51. The average molecular weight is 269 g/mol. The third-order valence-corrected chi connectivity index (χ3v) is 3.01. The van der Waals surface area contributed by atoms with Crippen LogP contribution in [0.1, 0.15) is 5.56 Å². The van der Waals surface area contributed by atoms with Gasteiger partial charge in [0.05, 0.1) is 0 Å². The molecule has 2 aromatic rings. The van der Waals surface area contributed by atoms with Gasteiger partial charge < -0.3 is 15.5 Å². The van der Waals surface area contributed by atoms with Crippen molar-refractivity contribution in [3.05, 3.63) is 54.1 Å². The summed E-state index contributed by atoms with van der Waals surface area (Å²) < 4.78 is 0. The summed E-state index contributed by atoms with van der Waals surface area (Å²) in [7, 11) is 3.93. The highest BCUT2D eigenvalue weighted by molar-refractivity contribution is 6.00. The number of hydrogen-bond acceptors (Lipinski definition) is 2. The number of amides is 2. The molecule has 0 bridgehead atoms. The van der Waals surface area contributed by atoms with E-state index < -0.39 is 0 Å². The second-order valence-electron chi connectivity index (χ2n) is 4.84. The van der Waals surface area contributed by atoms with Gasteiger partial charge >= 0.3 is 6.03 Å². The molecule has 0 aliphatic carbocycles. The number of nitrogens with zero attached hydrogens (tertiary/aromatic N) is 1. The molecule has 0 saturated heterocycles. The second-order valence-corrected chi connectivity index (χ2v) is 4.84. The first kappa shape index (κ1) is 13.9. The lowest BCUT2D eigenvalue weighted by molar-refractivity contribution is 0.262. The Balaban J connectivity index is 2.05. The topological polar surface area (TPSA) is 44.4 Å². The number of hydrogen-bond donors (Lipinski definition) is 2. The van der Waals surface area contributed by atoms with E-state index in [-0.39, 0.29) is 6.03 Å². The first-order valence-corrected chi connectivity index (χ1v) is 6.47. The van der Waals surface area contributed by atoms with Gasteiger partial charge in [-0.1, -0.05) is 24.3 Å². The predicted molar refractivity (Wildman–Crippen MR) is 84.6 cm³/mol. The average Bonchev–Trinajstić information content (AvgIpc) is 2.41. The number of para-hydroxylation sites is 1. The van der Waals surface area contributed by atoms with Crippen LogP contribution in [0.4, 0.5) is 21.9 Å². The number of nitrogens with one attached hydrogen (secondary N) is 2. The standard InChI is InChI=1S/C16H19N3O/c1-12-7-4-5-10-15(12)18-16(20)17-13-8-6-9-14(11-13)19(2)3/h4-11H,1-3H3,(H2,17,18,20). The van der Waals surface area contributed by atoms with Gasteiger partial charge in [-0.25, -0.2) is 4.79 Å². The lowest BCUT2D eigenvalue weighted by atomic mass is 10.2. The summed E-state index contributed by atoms with van der Waals surface area (Å²) in [6.07, 6.45) is 0. The van der Waals surface area contributed by atoms with Gasteiger partial charge in [-0.15, -0.1) is 0 Å². The Bertz CT molecular complexity index is 608. The Morgan fingerprint density at radius 3 is 2.45 bits per heavy atom. The van der Waals surface area contributed by atoms with Crippen LogP contribution in [0.15, 0.2) is 48.5 Å². The summed E-state index contributed by atoms with van der Waals surface area (Å²) in [5.41, 5.74) is 3.65. The minimum absolute atomic E-state index is 0.241. The van der Waals surface area contributed by atoms with E-state index in [1.54, 1.807) is 0 Å². The van der Waals surface area contributed by atoms with E-state index in [0.29, 0.717) is 0 Å². The number of carbonyl (C=O) groups is 1. The Morgan fingerprint density at radius 1 is 1.00 bits per heavy atom. The molecular weight excluding hydrogens is 250 g/mol. The molecule has 4 nitrogen and oxygen atoms in total. The number of benzene rings is 2. The van der Waals surface area contributed by atoms with Crippen LogP contribution in [-0.2, 0) is 0 Å². The lowest BCUT2D eigenvalue weighted by Crippen LogP contribution is -2.20. The third-order valence-electron chi connectivity index (χ3n) is 3.01. The minimum atomic E-state index is -0.241. The zero-order chi connectivity index (χ0) is 14.5. The van der Waals surface area contributed by atoms with E-state index in [1.807, 2.05) is 74.4 Å². The summed E-state index contributed by atoms with van der Waals surface area (Å²) in [4.78, 5) is 14.0. The fourth-order valence-corrected chi connectivity index (χ4v) is 1.86. The molecular formula is C16H19N3O. The van der Waals surface area contributed by atoms with E-state index in [4.69, 9.17) is 0 Å². The molecule has 2 N–H and O–H groups in total. The van der Waals surface area contributed by atoms with Crippen LogP contribution < -0.4 is 15.5 Å². The zero-order valence-electron chi connectivity index (χ0n) is 12.0. The number of urea groups is 1. The van der Waals surface area contributed by atoms with Crippen molar-refractivity contribution in [3.63, 3.8) is 0 Å². The quantitative estimate of drug-likeness (QED) is 0.892. The van der Waals surface area contributed by atoms with Gasteiger partial charge in [-0.2, -0.15) is 0 Å². The van der Waals surface area contributed by atoms with Crippen molar-refractivity contribution in [2.24, 2.45) is 0 Å². The highest BCUT2D eigenvalue weighted by Crippen LogP contribution is 2.18. The highest BCUT2D eigenvalue weighted by atomic mass is 16.2. The van der Waals surface area contributed by atoms with Gasteiger partial charge in [-0.3, -0.25) is 0 Å². The number of carbonyl (C=O) groups excluding carboxylic acids is 1. The van der Waals surface area contributed by atoms with Crippen LogP contribution in [0.3, 0.4) is 0 Å². The van der Waals surface area contributed by atoms with Crippen molar-refractivity contribution in [2.45, 2.75) is 6.92 Å². The molecule has 2 aromatic carbocycles. The normalized spacial score (nSPS) is 9.95. The summed E-state index contributed by atoms with van der Waals surface area (Å²) in [6, 6.07) is 15.1. The van der Waals surface area contributed by atoms with E-state index >= 15 is 0 Å². The Hall–Kier alpha value is -2.49. The molecule has 0 unspecified atom stereocenters. The largest absolute Gasteiger partial charge is 0.378 e. The zero-order valence-corrected chi connectivity index (χ0v) is 12.0. The van der Waals surface area contributed by atoms with Gasteiger partial charge in [0.25, 0.3) is 0 Å². The van der Waals surface area contributed by atoms with Crippen molar-refractivity contribution in [1.29, 1.82) is 0 Å². The van der Waals surface area contributed by atoms with Crippen LogP contribution in [0, 0.1) is 6.92 Å². The maximum atomic E-state index is 12.0. The number of aryl methyl sites for hydroxylation is 1. The number of anilines is 3. The fraction of sp³-hybridized carbons (Fsp3) is 0.188. The molecule has 4 heteroatoms. The van der Waals surface area contributed by atoms with E-state index in [2.05, 4.69) is 10.6 Å². The number of rotatable bonds is 3. The molecule has 0 saturated carbocycles. The van der Waals surface area contributed by atoms with Crippen molar-refractivity contribution in [2.75, 3.05) is 29.6 Å². The fourth-order valence-electron chi connectivity index (χ4n) is 1.86. The molecule has 0 atom stereocenters. The maximum Gasteiger partial charge on any atom is 0.323 e. The minimum Gasteiger partial charge on any atom is -0.378 e. The molecule has 0 aliphatic heterocycles. The van der Waals surface area contributed by atoms with Gasteiger partial charge in [0.15, 0.2) is 0 Å². The molecule has 20 heavy (non-hydrogen) atoms. The lowest BCUT2D eigenvalue weighted by Gasteiger charge is -2.14. The summed E-state index contributed by atoms with van der Waals surface area (Å²) in [6.45, 7) is 1.96. The molecule has 0 spiro atoms. The molecule has 2 amide bonds.